The van der Waals surface area contributed by atoms with Crippen LogP contribution in [0, 0.1) is 11.7 Å². The second-order valence-corrected chi connectivity index (χ2v) is 5.54. The van der Waals surface area contributed by atoms with Crippen molar-refractivity contribution in [1.29, 1.82) is 0 Å². The fourth-order valence-corrected chi connectivity index (χ4v) is 3.10. The number of halogens is 1. The molecule has 0 spiro atoms. The van der Waals surface area contributed by atoms with Crippen LogP contribution in [0.1, 0.15) is 25.7 Å². The average molecular weight is 260 g/mol. The van der Waals surface area contributed by atoms with E-state index < -0.39 is 0 Å². The maximum atomic E-state index is 13.6. The largest absolute Gasteiger partial charge is 0.346 e. The number of nitrogens with one attached hydrogen (secondary N) is 1. The second-order valence-electron chi connectivity index (χ2n) is 5.54. The molecule has 1 saturated carbocycles. The predicted octanol–water partition coefficient (Wildman–Crippen LogP) is 3.56. The van der Waals surface area contributed by atoms with Crippen LogP contribution < -0.4 is 5.32 Å². The third kappa shape index (κ3) is 2.81. The highest BCUT2D eigenvalue weighted by atomic mass is 19.1. The monoisotopic (exact) mass is 260 g/mol. The standard InChI is InChI=1S/C16H21FN2/c17-15-6-3-7-16-14(15)8-10-19(16)11-9-18-12-13-4-1-2-5-13/h3,6-8,10,13,18H,1-2,4-5,9,11-12H2. The first-order chi connectivity index (χ1) is 9.34. The third-order valence-corrected chi connectivity index (χ3v) is 4.20. The van der Waals surface area contributed by atoms with Crippen LogP contribution in [0.2, 0.25) is 0 Å². The van der Waals surface area contributed by atoms with E-state index in [2.05, 4.69) is 9.88 Å². The van der Waals surface area contributed by atoms with Crippen molar-refractivity contribution in [2.45, 2.75) is 32.2 Å². The van der Waals surface area contributed by atoms with Crippen LogP contribution in [0.5, 0.6) is 0 Å². The van der Waals surface area contributed by atoms with Gasteiger partial charge in [0, 0.05) is 24.7 Å². The highest BCUT2D eigenvalue weighted by molar-refractivity contribution is 5.80. The van der Waals surface area contributed by atoms with Gasteiger partial charge in [0.05, 0.1) is 5.52 Å². The first-order valence-corrected chi connectivity index (χ1v) is 7.28. The van der Waals surface area contributed by atoms with Crippen LogP contribution >= 0.6 is 0 Å². The highest BCUT2D eigenvalue weighted by Crippen LogP contribution is 2.23. The van der Waals surface area contributed by atoms with Crippen molar-refractivity contribution in [1.82, 2.24) is 9.88 Å². The Morgan fingerprint density at radius 2 is 2.05 bits per heavy atom. The van der Waals surface area contributed by atoms with E-state index in [9.17, 15) is 4.39 Å². The molecular weight excluding hydrogens is 239 g/mol. The van der Waals surface area contributed by atoms with Crippen molar-refractivity contribution in [3.63, 3.8) is 0 Å². The van der Waals surface area contributed by atoms with Crippen molar-refractivity contribution in [3.8, 4) is 0 Å². The Morgan fingerprint density at radius 3 is 2.89 bits per heavy atom. The van der Waals surface area contributed by atoms with Crippen LogP contribution in [0.15, 0.2) is 30.5 Å². The fraction of sp³-hybridized carbons (Fsp3) is 0.500. The molecule has 1 heterocycles. The summed E-state index contributed by atoms with van der Waals surface area (Å²) in [5.41, 5.74) is 0.989. The molecule has 0 bridgehead atoms. The van der Waals surface area contributed by atoms with Gasteiger partial charge in [0.1, 0.15) is 5.82 Å². The molecule has 0 aliphatic heterocycles. The number of benzene rings is 1. The van der Waals surface area contributed by atoms with Gasteiger partial charge in [-0.05, 0) is 43.5 Å². The Labute approximate surface area is 113 Å². The minimum Gasteiger partial charge on any atom is -0.346 e. The van der Waals surface area contributed by atoms with E-state index in [4.69, 9.17) is 0 Å². The summed E-state index contributed by atoms with van der Waals surface area (Å²) in [6.07, 6.45) is 7.53. The Hall–Kier alpha value is -1.35. The van der Waals surface area contributed by atoms with Crippen molar-refractivity contribution in [2.24, 2.45) is 5.92 Å². The van der Waals surface area contributed by atoms with E-state index in [1.807, 2.05) is 18.3 Å². The molecule has 1 aromatic heterocycles. The Bertz CT molecular complexity index is 541. The molecule has 3 rings (SSSR count). The molecule has 1 aliphatic carbocycles. The van der Waals surface area contributed by atoms with E-state index in [1.54, 1.807) is 6.07 Å². The van der Waals surface area contributed by atoms with Gasteiger partial charge in [-0.3, -0.25) is 0 Å². The number of rotatable bonds is 5. The van der Waals surface area contributed by atoms with Gasteiger partial charge in [-0.2, -0.15) is 0 Å². The molecule has 1 N–H and O–H groups in total. The molecule has 1 aliphatic rings. The predicted molar refractivity (Wildman–Crippen MR) is 76.7 cm³/mol. The molecule has 2 aromatic rings. The summed E-state index contributed by atoms with van der Waals surface area (Å²) < 4.78 is 15.7. The van der Waals surface area contributed by atoms with Gasteiger partial charge in [0.15, 0.2) is 0 Å². The summed E-state index contributed by atoms with van der Waals surface area (Å²) in [4.78, 5) is 0. The van der Waals surface area contributed by atoms with Gasteiger partial charge in [0.2, 0.25) is 0 Å². The molecule has 0 radical (unpaired) electrons. The molecule has 0 atom stereocenters. The topological polar surface area (TPSA) is 17.0 Å². The SMILES string of the molecule is Fc1cccc2c1ccn2CCNCC1CCCC1. The van der Waals surface area contributed by atoms with Crippen molar-refractivity contribution < 1.29 is 4.39 Å². The normalized spacial score (nSPS) is 16.5. The summed E-state index contributed by atoms with van der Waals surface area (Å²) in [7, 11) is 0. The van der Waals surface area contributed by atoms with Gasteiger partial charge < -0.3 is 9.88 Å². The summed E-state index contributed by atoms with van der Waals surface area (Å²) in [6.45, 7) is 2.99. The average Bonchev–Trinajstić information content (AvgIpc) is 3.05. The van der Waals surface area contributed by atoms with Crippen LogP contribution in [0.25, 0.3) is 10.9 Å². The third-order valence-electron chi connectivity index (χ3n) is 4.20. The van der Waals surface area contributed by atoms with Crippen LogP contribution in [-0.2, 0) is 6.54 Å². The van der Waals surface area contributed by atoms with Gasteiger partial charge in [-0.1, -0.05) is 18.9 Å². The smallest absolute Gasteiger partial charge is 0.132 e. The summed E-state index contributed by atoms with van der Waals surface area (Å²) in [6, 6.07) is 7.14. The van der Waals surface area contributed by atoms with Crippen molar-refractivity contribution in [3.05, 3.63) is 36.3 Å². The Morgan fingerprint density at radius 1 is 1.21 bits per heavy atom. The van der Waals surface area contributed by atoms with Gasteiger partial charge in [0.25, 0.3) is 0 Å². The number of hydrogen-bond donors (Lipinski definition) is 1. The van der Waals surface area contributed by atoms with Gasteiger partial charge in [-0.25, -0.2) is 4.39 Å². The lowest BCUT2D eigenvalue weighted by Crippen LogP contribution is -2.25. The maximum absolute atomic E-state index is 13.6. The molecular formula is C16H21FN2. The van der Waals surface area contributed by atoms with Crippen molar-refractivity contribution >= 4 is 10.9 Å². The Kier molecular flexibility index (Phi) is 3.83. The Balaban J connectivity index is 1.55. The first-order valence-electron chi connectivity index (χ1n) is 7.28. The zero-order valence-electron chi connectivity index (χ0n) is 11.2. The summed E-state index contributed by atoms with van der Waals surface area (Å²) in [5.74, 6) is 0.744. The highest BCUT2D eigenvalue weighted by Gasteiger charge is 2.13. The lowest BCUT2D eigenvalue weighted by atomic mass is 10.1. The fourth-order valence-electron chi connectivity index (χ4n) is 3.10. The summed E-state index contributed by atoms with van der Waals surface area (Å²) >= 11 is 0. The van der Waals surface area contributed by atoms with E-state index in [0.29, 0.717) is 0 Å². The van der Waals surface area contributed by atoms with E-state index in [0.717, 1.165) is 36.5 Å². The first kappa shape index (κ1) is 12.7. The molecule has 2 nitrogen and oxygen atoms in total. The molecule has 0 saturated heterocycles. The minimum absolute atomic E-state index is 0.129. The van der Waals surface area contributed by atoms with E-state index in [-0.39, 0.29) is 5.82 Å². The molecule has 1 fully saturated rings. The van der Waals surface area contributed by atoms with Crippen LogP contribution in [-0.4, -0.2) is 17.7 Å². The molecule has 0 unspecified atom stereocenters. The quantitative estimate of drug-likeness (QED) is 0.813. The zero-order valence-corrected chi connectivity index (χ0v) is 11.2. The molecule has 19 heavy (non-hydrogen) atoms. The zero-order chi connectivity index (χ0) is 13.1. The number of aromatic nitrogens is 1. The molecule has 3 heteroatoms. The van der Waals surface area contributed by atoms with Gasteiger partial charge >= 0.3 is 0 Å². The molecule has 1 aromatic carbocycles. The molecule has 102 valence electrons. The second kappa shape index (κ2) is 5.74. The van der Waals surface area contributed by atoms with Crippen molar-refractivity contribution in [2.75, 3.05) is 13.1 Å². The minimum atomic E-state index is -0.129. The van der Waals surface area contributed by atoms with Crippen LogP contribution in [0.4, 0.5) is 4.39 Å². The molecule has 0 amide bonds. The summed E-state index contributed by atoms with van der Waals surface area (Å²) in [5, 5.41) is 4.25. The maximum Gasteiger partial charge on any atom is 0.132 e. The lowest BCUT2D eigenvalue weighted by Gasteiger charge is -2.11. The number of nitrogens with zero attached hydrogens (tertiary/aromatic N) is 1. The van der Waals surface area contributed by atoms with E-state index in [1.165, 1.54) is 31.7 Å². The number of hydrogen-bond acceptors (Lipinski definition) is 1. The lowest BCUT2D eigenvalue weighted by molar-refractivity contribution is 0.478. The number of fused-ring (bicyclic) bond motifs is 1. The van der Waals surface area contributed by atoms with Crippen LogP contribution in [0.3, 0.4) is 0 Å². The van der Waals surface area contributed by atoms with Gasteiger partial charge in [-0.15, -0.1) is 0 Å². The van der Waals surface area contributed by atoms with E-state index >= 15 is 0 Å².